The van der Waals surface area contributed by atoms with Crippen LogP contribution < -0.4 is 20.9 Å². The minimum absolute atomic E-state index is 0.0633. The Kier molecular flexibility index (Phi) is 9.63. The lowest BCUT2D eigenvalue weighted by Gasteiger charge is -2.25. The van der Waals surface area contributed by atoms with Crippen LogP contribution in [0.1, 0.15) is 41.3 Å². The SMILES string of the molecule is CCNc1cc(C(=O)N[C@@H](Cc2ccccc2)[C@H](O)CNCc2cccc(-c3cc[nH]n3)c2)cc(N2CCCC2=O)c1. The maximum atomic E-state index is 13.6. The highest BCUT2D eigenvalue weighted by Gasteiger charge is 2.26. The van der Waals surface area contributed by atoms with Crippen LogP contribution in [0.25, 0.3) is 11.3 Å². The summed E-state index contributed by atoms with van der Waals surface area (Å²) in [4.78, 5) is 27.8. The van der Waals surface area contributed by atoms with Crippen LogP contribution in [0.5, 0.6) is 0 Å². The number of anilines is 2. The molecule has 1 fully saturated rings. The molecule has 1 saturated heterocycles. The summed E-state index contributed by atoms with van der Waals surface area (Å²) in [6, 6.07) is 24.8. The highest BCUT2D eigenvalue weighted by molar-refractivity contribution is 6.00. The molecule has 4 aromatic rings. The highest BCUT2D eigenvalue weighted by atomic mass is 16.3. The van der Waals surface area contributed by atoms with Gasteiger partial charge in [0.2, 0.25) is 5.91 Å². The van der Waals surface area contributed by atoms with Crippen molar-refractivity contribution in [1.82, 2.24) is 20.8 Å². The molecule has 0 radical (unpaired) electrons. The Morgan fingerprint density at radius 3 is 2.62 bits per heavy atom. The topological polar surface area (TPSA) is 122 Å². The summed E-state index contributed by atoms with van der Waals surface area (Å²) in [5.74, 6) is -0.234. The van der Waals surface area contributed by atoms with Crippen molar-refractivity contribution in [2.24, 2.45) is 0 Å². The first-order valence-corrected chi connectivity index (χ1v) is 14.5. The number of hydrogen-bond acceptors (Lipinski definition) is 6. The lowest BCUT2D eigenvalue weighted by Crippen LogP contribution is -2.48. The Morgan fingerprint density at radius 2 is 1.88 bits per heavy atom. The Morgan fingerprint density at radius 1 is 1.05 bits per heavy atom. The van der Waals surface area contributed by atoms with E-state index in [0.717, 1.165) is 34.5 Å². The molecule has 0 aliphatic carbocycles. The molecule has 0 bridgehead atoms. The third kappa shape index (κ3) is 7.43. The van der Waals surface area contributed by atoms with Crippen LogP contribution >= 0.6 is 0 Å². The van der Waals surface area contributed by atoms with Gasteiger partial charge in [-0.3, -0.25) is 14.7 Å². The maximum Gasteiger partial charge on any atom is 0.251 e. The molecule has 0 saturated carbocycles. The Balaban J connectivity index is 1.29. The van der Waals surface area contributed by atoms with Crippen molar-refractivity contribution in [3.63, 3.8) is 0 Å². The number of aromatic nitrogens is 2. The van der Waals surface area contributed by atoms with E-state index in [2.05, 4.69) is 32.2 Å². The zero-order valence-corrected chi connectivity index (χ0v) is 23.8. The van der Waals surface area contributed by atoms with Gasteiger partial charge in [0.1, 0.15) is 0 Å². The molecule has 1 aromatic heterocycles. The van der Waals surface area contributed by atoms with Crippen LogP contribution in [0.3, 0.4) is 0 Å². The minimum atomic E-state index is -0.847. The lowest BCUT2D eigenvalue weighted by atomic mass is 10.00. The molecule has 5 rings (SSSR count). The van der Waals surface area contributed by atoms with Crippen molar-refractivity contribution in [2.75, 3.05) is 29.9 Å². The van der Waals surface area contributed by atoms with Gasteiger partial charge >= 0.3 is 0 Å². The second-order valence-corrected chi connectivity index (χ2v) is 10.6. The Bertz CT molecular complexity index is 1470. The standard InChI is InChI=1S/C33H38N6O3/c1-2-35-27-18-26(19-28(20-27)39-15-7-12-32(39)41)33(42)37-30(17-23-8-4-3-5-9-23)31(40)22-34-21-24-10-6-11-25(16-24)29-13-14-36-38-29/h3-6,8-11,13-14,16,18-20,30-31,34-35,40H,2,7,12,15,17,21-22H2,1H3,(H,36,38)(H,37,42)/t30-,31+/m0/s1. The summed E-state index contributed by atoms with van der Waals surface area (Å²) in [7, 11) is 0. The smallest absolute Gasteiger partial charge is 0.251 e. The molecule has 2 atom stereocenters. The van der Waals surface area contributed by atoms with E-state index in [4.69, 9.17) is 0 Å². The fourth-order valence-electron chi connectivity index (χ4n) is 5.30. The van der Waals surface area contributed by atoms with Gasteiger partial charge in [-0.05, 0) is 61.2 Å². The molecule has 5 N–H and O–H groups in total. The fourth-order valence-corrected chi connectivity index (χ4v) is 5.30. The molecule has 1 aliphatic rings. The highest BCUT2D eigenvalue weighted by Crippen LogP contribution is 2.27. The third-order valence-corrected chi connectivity index (χ3v) is 7.43. The third-order valence-electron chi connectivity index (χ3n) is 7.43. The molecule has 1 aliphatic heterocycles. The number of nitrogens with zero attached hydrogens (tertiary/aromatic N) is 2. The molecule has 0 spiro atoms. The summed E-state index contributed by atoms with van der Waals surface area (Å²) in [6.07, 6.45) is 2.73. The van der Waals surface area contributed by atoms with Gasteiger partial charge in [0.15, 0.2) is 0 Å². The summed E-state index contributed by atoms with van der Waals surface area (Å²) in [6.45, 7) is 4.15. The van der Waals surface area contributed by atoms with Crippen LogP contribution in [0.4, 0.5) is 11.4 Å². The first-order chi connectivity index (χ1) is 20.5. The van der Waals surface area contributed by atoms with Gasteiger partial charge in [0, 0.05) is 61.3 Å². The Labute approximate surface area is 246 Å². The second-order valence-electron chi connectivity index (χ2n) is 10.6. The first kappa shape index (κ1) is 29.0. The number of carbonyl (C=O) groups is 2. The van der Waals surface area contributed by atoms with Crippen LogP contribution in [0, 0.1) is 0 Å². The number of rotatable bonds is 13. The quantitative estimate of drug-likeness (QED) is 0.166. The Hall–Kier alpha value is -4.47. The number of H-pyrrole nitrogens is 1. The number of benzene rings is 3. The summed E-state index contributed by atoms with van der Waals surface area (Å²) < 4.78 is 0. The number of amides is 2. The molecule has 2 amide bonds. The number of carbonyl (C=O) groups excluding carboxylic acids is 2. The second kappa shape index (κ2) is 13.9. The average molecular weight is 567 g/mol. The van der Waals surface area contributed by atoms with E-state index >= 15 is 0 Å². The van der Waals surface area contributed by atoms with Crippen LogP contribution in [0.2, 0.25) is 0 Å². The predicted molar refractivity (Wildman–Crippen MR) is 165 cm³/mol. The van der Waals surface area contributed by atoms with E-state index in [1.165, 1.54) is 0 Å². The number of aliphatic hydroxyl groups excluding tert-OH is 1. The number of nitrogens with one attached hydrogen (secondary N) is 4. The van der Waals surface area contributed by atoms with Gasteiger partial charge < -0.3 is 26.0 Å². The van der Waals surface area contributed by atoms with Gasteiger partial charge in [-0.2, -0.15) is 5.10 Å². The predicted octanol–water partition coefficient (Wildman–Crippen LogP) is 4.13. The van der Waals surface area contributed by atoms with Gasteiger partial charge in [-0.15, -0.1) is 0 Å². The zero-order valence-electron chi connectivity index (χ0n) is 23.8. The minimum Gasteiger partial charge on any atom is -0.390 e. The average Bonchev–Trinajstić information content (AvgIpc) is 3.70. The molecule has 2 heterocycles. The molecular weight excluding hydrogens is 528 g/mol. The number of aliphatic hydroxyl groups is 1. The van der Waals surface area contributed by atoms with Crippen molar-refractivity contribution in [3.8, 4) is 11.3 Å². The van der Waals surface area contributed by atoms with E-state index in [1.807, 2.05) is 67.6 Å². The van der Waals surface area contributed by atoms with E-state index in [9.17, 15) is 14.7 Å². The van der Waals surface area contributed by atoms with Gasteiger partial charge in [-0.1, -0.05) is 48.5 Å². The van der Waals surface area contributed by atoms with Crippen LogP contribution in [-0.2, 0) is 17.8 Å². The molecular formula is C33H38N6O3. The zero-order chi connectivity index (χ0) is 29.3. The normalized spacial score (nSPS) is 14.5. The van der Waals surface area contributed by atoms with Crippen molar-refractivity contribution in [1.29, 1.82) is 0 Å². The molecule has 3 aromatic carbocycles. The van der Waals surface area contributed by atoms with Gasteiger partial charge in [-0.25, -0.2) is 0 Å². The van der Waals surface area contributed by atoms with Crippen molar-refractivity contribution in [2.45, 2.75) is 44.9 Å². The first-order valence-electron chi connectivity index (χ1n) is 14.5. The molecule has 9 heteroatoms. The van der Waals surface area contributed by atoms with E-state index < -0.39 is 12.1 Å². The van der Waals surface area contributed by atoms with Crippen LogP contribution in [-0.4, -0.2) is 58.9 Å². The summed E-state index contributed by atoms with van der Waals surface area (Å²) in [5, 5.41) is 28.1. The van der Waals surface area contributed by atoms with E-state index in [-0.39, 0.29) is 18.4 Å². The van der Waals surface area contributed by atoms with Gasteiger partial charge in [0.25, 0.3) is 5.91 Å². The van der Waals surface area contributed by atoms with E-state index in [0.29, 0.717) is 43.7 Å². The summed E-state index contributed by atoms with van der Waals surface area (Å²) in [5.41, 5.74) is 5.89. The van der Waals surface area contributed by atoms with Gasteiger partial charge in [0.05, 0.1) is 17.8 Å². The number of hydrogen-bond donors (Lipinski definition) is 5. The summed E-state index contributed by atoms with van der Waals surface area (Å²) >= 11 is 0. The maximum absolute atomic E-state index is 13.6. The van der Waals surface area contributed by atoms with Crippen molar-refractivity contribution < 1.29 is 14.7 Å². The van der Waals surface area contributed by atoms with Crippen LogP contribution in [0.15, 0.2) is 85.1 Å². The van der Waals surface area contributed by atoms with Crippen molar-refractivity contribution >= 4 is 23.2 Å². The molecule has 42 heavy (non-hydrogen) atoms. The monoisotopic (exact) mass is 566 g/mol. The van der Waals surface area contributed by atoms with Crippen molar-refractivity contribution in [3.05, 3.63) is 102 Å². The molecule has 218 valence electrons. The fraction of sp³-hybridized carbons (Fsp3) is 0.303. The molecule has 0 unspecified atom stereocenters. The lowest BCUT2D eigenvalue weighted by molar-refractivity contribution is -0.117. The van der Waals surface area contributed by atoms with E-state index in [1.54, 1.807) is 23.2 Å². The molecule has 9 nitrogen and oxygen atoms in total. The number of aromatic amines is 1. The largest absolute Gasteiger partial charge is 0.390 e.